The van der Waals surface area contributed by atoms with Gasteiger partial charge in [-0.2, -0.15) is 0 Å². The summed E-state index contributed by atoms with van der Waals surface area (Å²) in [5.74, 6) is 1.30. The summed E-state index contributed by atoms with van der Waals surface area (Å²) in [5, 5.41) is 2.76. The van der Waals surface area contributed by atoms with Crippen LogP contribution in [0, 0.1) is 0 Å². The Morgan fingerprint density at radius 3 is 2.76 bits per heavy atom. The van der Waals surface area contributed by atoms with E-state index in [0.29, 0.717) is 23.7 Å². The number of carbonyl (C=O) groups is 1. The van der Waals surface area contributed by atoms with Crippen LogP contribution in [0.4, 0.5) is 5.69 Å². The zero-order chi connectivity index (χ0) is 11.8. The largest absolute Gasteiger partial charge is 0.454 e. The minimum Gasteiger partial charge on any atom is -0.454 e. The summed E-state index contributed by atoms with van der Waals surface area (Å²) >= 11 is 0. The number of nitrogens with two attached hydrogens (primary N) is 1. The van der Waals surface area contributed by atoms with E-state index in [1.165, 1.54) is 0 Å². The molecule has 1 aromatic carbocycles. The Hall–Kier alpha value is -2.17. The fraction of sp³-hybridized carbons (Fsp3) is 0.250. The third-order valence-electron chi connectivity index (χ3n) is 2.88. The Labute approximate surface area is 98.2 Å². The topological polar surface area (TPSA) is 73.6 Å². The lowest BCUT2D eigenvalue weighted by atomic mass is 10.1. The molecule has 2 aliphatic rings. The SMILES string of the molecule is Nc1cc2c(cc1/C=C1/CCNC1=O)OCO2. The smallest absolute Gasteiger partial charge is 0.247 e. The Balaban J connectivity index is 2.01. The van der Waals surface area contributed by atoms with Crippen molar-refractivity contribution < 1.29 is 14.3 Å². The van der Waals surface area contributed by atoms with Gasteiger partial charge in [0, 0.05) is 29.4 Å². The second kappa shape index (κ2) is 3.69. The lowest BCUT2D eigenvalue weighted by Crippen LogP contribution is -2.14. The van der Waals surface area contributed by atoms with Crippen LogP contribution in [0.5, 0.6) is 11.5 Å². The maximum absolute atomic E-state index is 11.4. The fourth-order valence-corrected chi connectivity index (χ4v) is 1.96. The number of benzene rings is 1. The van der Waals surface area contributed by atoms with E-state index in [1.807, 2.05) is 0 Å². The Morgan fingerprint density at radius 1 is 1.29 bits per heavy atom. The molecular weight excluding hydrogens is 220 g/mol. The summed E-state index contributed by atoms with van der Waals surface area (Å²) in [6.07, 6.45) is 2.53. The molecule has 3 rings (SSSR count). The molecule has 2 heterocycles. The molecule has 0 saturated carbocycles. The number of amides is 1. The number of ether oxygens (including phenoxy) is 2. The van der Waals surface area contributed by atoms with Crippen LogP contribution in [0.2, 0.25) is 0 Å². The molecule has 0 radical (unpaired) electrons. The van der Waals surface area contributed by atoms with Gasteiger partial charge in [-0.25, -0.2) is 0 Å². The number of nitrogens with one attached hydrogen (secondary N) is 1. The van der Waals surface area contributed by atoms with E-state index in [0.717, 1.165) is 17.6 Å². The first-order valence-corrected chi connectivity index (χ1v) is 5.42. The molecule has 3 N–H and O–H groups in total. The number of nitrogen functional groups attached to an aromatic ring is 1. The zero-order valence-corrected chi connectivity index (χ0v) is 9.16. The minimum absolute atomic E-state index is 0.0259. The molecule has 5 nitrogen and oxygen atoms in total. The third kappa shape index (κ3) is 1.69. The van der Waals surface area contributed by atoms with Crippen LogP contribution in [0.15, 0.2) is 17.7 Å². The van der Waals surface area contributed by atoms with Crippen molar-refractivity contribution in [1.82, 2.24) is 5.32 Å². The number of carbonyl (C=O) groups excluding carboxylic acids is 1. The van der Waals surface area contributed by atoms with E-state index in [2.05, 4.69) is 5.32 Å². The van der Waals surface area contributed by atoms with Crippen LogP contribution in [0.1, 0.15) is 12.0 Å². The maximum Gasteiger partial charge on any atom is 0.247 e. The van der Waals surface area contributed by atoms with E-state index >= 15 is 0 Å². The van der Waals surface area contributed by atoms with Gasteiger partial charge in [0.05, 0.1) is 0 Å². The average molecular weight is 232 g/mol. The fourth-order valence-electron chi connectivity index (χ4n) is 1.96. The highest BCUT2D eigenvalue weighted by Gasteiger charge is 2.19. The summed E-state index contributed by atoms with van der Waals surface area (Å²) in [4.78, 5) is 11.4. The van der Waals surface area contributed by atoms with Gasteiger partial charge < -0.3 is 20.5 Å². The summed E-state index contributed by atoms with van der Waals surface area (Å²) < 4.78 is 10.5. The molecular formula is C12H12N2O3. The lowest BCUT2D eigenvalue weighted by molar-refractivity contribution is -0.116. The summed E-state index contributed by atoms with van der Waals surface area (Å²) in [5.41, 5.74) is 8.03. The highest BCUT2D eigenvalue weighted by Crippen LogP contribution is 2.36. The van der Waals surface area contributed by atoms with Crippen LogP contribution in [0.3, 0.4) is 0 Å². The molecule has 0 aliphatic carbocycles. The zero-order valence-electron chi connectivity index (χ0n) is 9.16. The molecule has 0 atom stereocenters. The van der Waals surface area contributed by atoms with Crippen LogP contribution >= 0.6 is 0 Å². The number of hydrogen-bond acceptors (Lipinski definition) is 4. The van der Waals surface area contributed by atoms with Crippen molar-refractivity contribution in [3.05, 3.63) is 23.3 Å². The molecule has 88 valence electrons. The van der Waals surface area contributed by atoms with Gasteiger partial charge in [0.2, 0.25) is 12.7 Å². The molecule has 17 heavy (non-hydrogen) atoms. The third-order valence-corrected chi connectivity index (χ3v) is 2.88. The predicted octanol–water partition coefficient (Wildman–Crippen LogP) is 0.901. The molecule has 1 aromatic rings. The van der Waals surface area contributed by atoms with Gasteiger partial charge in [-0.15, -0.1) is 0 Å². The Morgan fingerprint density at radius 2 is 2.06 bits per heavy atom. The standard InChI is InChI=1S/C12H12N2O3/c13-9-5-11-10(16-6-17-11)4-8(9)3-7-1-2-14-12(7)15/h3-5H,1-2,6,13H2,(H,14,15)/b7-3-. The van der Waals surface area contributed by atoms with Gasteiger partial charge in [0.25, 0.3) is 0 Å². The van der Waals surface area contributed by atoms with Crippen molar-refractivity contribution in [2.24, 2.45) is 0 Å². The van der Waals surface area contributed by atoms with E-state index in [4.69, 9.17) is 15.2 Å². The van der Waals surface area contributed by atoms with Gasteiger partial charge in [0.15, 0.2) is 11.5 Å². The molecule has 0 aromatic heterocycles. The Kier molecular flexibility index (Phi) is 2.18. The van der Waals surface area contributed by atoms with Crippen LogP contribution < -0.4 is 20.5 Å². The van der Waals surface area contributed by atoms with Crippen molar-refractivity contribution in [3.8, 4) is 11.5 Å². The summed E-state index contributed by atoms with van der Waals surface area (Å²) in [6, 6.07) is 3.53. The first-order chi connectivity index (χ1) is 8.24. The van der Waals surface area contributed by atoms with E-state index in [9.17, 15) is 4.79 Å². The number of anilines is 1. The molecule has 1 fully saturated rings. The van der Waals surface area contributed by atoms with Gasteiger partial charge in [-0.3, -0.25) is 4.79 Å². The average Bonchev–Trinajstić information content (AvgIpc) is 2.89. The molecule has 1 amide bonds. The number of rotatable bonds is 1. The highest BCUT2D eigenvalue weighted by molar-refractivity contribution is 6.00. The van der Waals surface area contributed by atoms with E-state index in [1.54, 1.807) is 18.2 Å². The van der Waals surface area contributed by atoms with Crippen molar-refractivity contribution >= 4 is 17.7 Å². The van der Waals surface area contributed by atoms with Crippen molar-refractivity contribution in [1.29, 1.82) is 0 Å². The second-order valence-electron chi connectivity index (χ2n) is 4.01. The molecule has 0 unspecified atom stereocenters. The molecule has 5 heteroatoms. The summed E-state index contributed by atoms with van der Waals surface area (Å²) in [7, 11) is 0. The van der Waals surface area contributed by atoms with Gasteiger partial charge in [0.1, 0.15) is 0 Å². The van der Waals surface area contributed by atoms with Crippen molar-refractivity contribution in [3.63, 3.8) is 0 Å². The van der Waals surface area contributed by atoms with E-state index < -0.39 is 0 Å². The number of fused-ring (bicyclic) bond motifs is 1. The molecule has 0 bridgehead atoms. The van der Waals surface area contributed by atoms with Crippen LogP contribution in [0.25, 0.3) is 6.08 Å². The quantitative estimate of drug-likeness (QED) is 0.557. The Bertz CT molecular complexity index is 523. The maximum atomic E-state index is 11.4. The van der Waals surface area contributed by atoms with Gasteiger partial charge in [-0.1, -0.05) is 0 Å². The van der Waals surface area contributed by atoms with Gasteiger partial charge in [-0.05, 0) is 18.6 Å². The molecule has 1 saturated heterocycles. The van der Waals surface area contributed by atoms with E-state index in [-0.39, 0.29) is 12.7 Å². The molecule has 2 aliphatic heterocycles. The summed E-state index contributed by atoms with van der Waals surface area (Å²) in [6.45, 7) is 0.907. The minimum atomic E-state index is -0.0259. The number of hydrogen-bond donors (Lipinski definition) is 2. The second-order valence-corrected chi connectivity index (χ2v) is 4.01. The predicted molar refractivity (Wildman–Crippen MR) is 62.6 cm³/mol. The lowest BCUT2D eigenvalue weighted by Gasteiger charge is -2.04. The van der Waals surface area contributed by atoms with Crippen molar-refractivity contribution in [2.45, 2.75) is 6.42 Å². The molecule has 0 spiro atoms. The van der Waals surface area contributed by atoms with Crippen LogP contribution in [-0.4, -0.2) is 19.2 Å². The highest BCUT2D eigenvalue weighted by atomic mass is 16.7. The monoisotopic (exact) mass is 232 g/mol. The normalized spacial score (nSPS) is 19.8. The first-order valence-electron chi connectivity index (χ1n) is 5.42. The van der Waals surface area contributed by atoms with Crippen molar-refractivity contribution in [2.75, 3.05) is 19.1 Å². The van der Waals surface area contributed by atoms with Gasteiger partial charge >= 0.3 is 0 Å². The van der Waals surface area contributed by atoms with Crippen LogP contribution in [-0.2, 0) is 4.79 Å². The first kappa shape index (κ1) is 10.0.